The average Bonchev–Trinajstić information content (AvgIpc) is 2.84. The number of rotatable bonds is 4. The smallest absolute Gasteiger partial charge is 0.232 e. The molecular weight excluding hydrogens is 288 g/mol. The first-order valence-corrected chi connectivity index (χ1v) is 8.30. The number of nitrogens with one attached hydrogen (secondary N) is 1. The molecule has 1 aromatic heterocycles. The molecule has 1 aliphatic heterocycles. The van der Waals surface area contributed by atoms with Gasteiger partial charge in [-0.2, -0.15) is 15.0 Å². The fourth-order valence-corrected chi connectivity index (χ4v) is 2.95. The van der Waals surface area contributed by atoms with E-state index in [-0.39, 0.29) is 12.0 Å². The second-order valence-electron chi connectivity index (χ2n) is 5.99. The summed E-state index contributed by atoms with van der Waals surface area (Å²) in [6.07, 6.45) is 5.09. The molecule has 3 N–H and O–H groups in total. The van der Waals surface area contributed by atoms with Crippen LogP contribution in [0, 0.1) is 0 Å². The van der Waals surface area contributed by atoms with E-state index < -0.39 is 0 Å². The first-order valence-electron chi connectivity index (χ1n) is 8.30. The van der Waals surface area contributed by atoms with Gasteiger partial charge < -0.3 is 11.1 Å². The maximum absolute atomic E-state index is 5.89. The summed E-state index contributed by atoms with van der Waals surface area (Å²) < 4.78 is 0. The molecular formula is C17H24N6. The van der Waals surface area contributed by atoms with E-state index in [4.69, 9.17) is 5.73 Å². The van der Waals surface area contributed by atoms with Crippen molar-refractivity contribution in [3.8, 4) is 0 Å². The van der Waals surface area contributed by atoms with E-state index in [1.54, 1.807) is 0 Å². The van der Waals surface area contributed by atoms with Crippen LogP contribution in [-0.4, -0.2) is 32.9 Å². The number of nitrogens with two attached hydrogens (primary N) is 1. The Kier molecular flexibility index (Phi) is 5.02. The van der Waals surface area contributed by atoms with Gasteiger partial charge in [0.15, 0.2) is 5.82 Å². The van der Waals surface area contributed by atoms with Crippen LogP contribution in [0.5, 0.6) is 0 Å². The van der Waals surface area contributed by atoms with E-state index >= 15 is 0 Å². The lowest BCUT2D eigenvalue weighted by molar-refractivity contribution is 0.211. The van der Waals surface area contributed by atoms with Crippen LogP contribution in [0.15, 0.2) is 30.3 Å². The minimum atomic E-state index is 0.148. The highest BCUT2D eigenvalue weighted by Crippen LogP contribution is 2.23. The SMILES string of the molecule is CC(c1nc(N)nc(Nc2ccccc2)n1)N1CCCCCC1. The van der Waals surface area contributed by atoms with Crippen LogP contribution in [-0.2, 0) is 0 Å². The molecule has 0 bridgehead atoms. The number of para-hydroxylation sites is 1. The highest BCUT2D eigenvalue weighted by molar-refractivity contribution is 5.53. The summed E-state index contributed by atoms with van der Waals surface area (Å²) in [6.45, 7) is 4.33. The van der Waals surface area contributed by atoms with Crippen molar-refractivity contribution >= 4 is 17.6 Å². The third kappa shape index (κ3) is 4.16. The molecule has 3 rings (SSSR count). The molecule has 0 aliphatic carbocycles. The molecule has 0 spiro atoms. The van der Waals surface area contributed by atoms with E-state index in [0.29, 0.717) is 5.95 Å². The molecule has 1 aliphatic rings. The van der Waals surface area contributed by atoms with Crippen LogP contribution >= 0.6 is 0 Å². The predicted octanol–water partition coefficient (Wildman–Crippen LogP) is 3.13. The Morgan fingerprint density at radius 3 is 2.39 bits per heavy atom. The summed E-state index contributed by atoms with van der Waals surface area (Å²) in [5, 5.41) is 3.19. The molecule has 0 amide bonds. The number of likely N-dealkylation sites (tertiary alicyclic amines) is 1. The Bertz CT molecular complexity index is 622. The second-order valence-corrected chi connectivity index (χ2v) is 5.99. The minimum absolute atomic E-state index is 0.148. The molecule has 2 heterocycles. The fraction of sp³-hybridized carbons (Fsp3) is 0.471. The zero-order valence-electron chi connectivity index (χ0n) is 13.6. The normalized spacial score (nSPS) is 17.4. The van der Waals surface area contributed by atoms with Gasteiger partial charge in [0, 0.05) is 5.69 Å². The first kappa shape index (κ1) is 15.7. The molecule has 1 atom stereocenters. The first-order chi connectivity index (χ1) is 11.2. The summed E-state index contributed by atoms with van der Waals surface area (Å²) in [5.74, 6) is 1.49. The maximum atomic E-state index is 5.89. The average molecular weight is 312 g/mol. The molecule has 0 saturated carbocycles. The van der Waals surface area contributed by atoms with Gasteiger partial charge in [0.05, 0.1) is 6.04 Å². The molecule has 1 fully saturated rings. The minimum Gasteiger partial charge on any atom is -0.368 e. The molecule has 6 nitrogen and oxygen atoms in total. The Morgan fingerprint density at radius 2 is 1.70 bits per heavy atom. The maximum Gasteiger partial charge on any atom is 0.232 e. The third-order valence-corrected chi connectivity index (χ3v) is 4.26. The van der Waals surface area contributed by atoms with E-state index in [9.17, 15) is 0 Å². The van der Waals surface area contributed by atoms with Crippen molar-refractivity contribution < 1.29 is 0 Å². The summed E-state index contributed by atoms with van der Waals surface area (Å²) in [5.41, 5.74) is 6.83. The number of benzene rings is 1. The third-order valence-electron chi connectivity index (χ3n) is 4.26. The van der Waals surface area contributed by atoms with E-state index in [1.165, 1.54) is 25.7 Å². The van der Waals surface area contributed by atoms with Gasteiger partial charge >= 0.3 is 0 Å². The standard InChI is InChI=1S/C17H24N6/c1-13(23-11-7-2-3-8-12-23)15-20-16(18)22-17(21-15)19-14-9-5-4-6-10-14/h4-6,9-10,13H,2-3,7-8,11-12H2,1H3,(H3,18,19,20,21,22). The molecule has 1 unspecified atom stereocenters. The zero-order valence-corrected chi connectivity index (χ0v) is 13.6. The molecule has 1 saturated heterocycles. The summed E-state index contributed by atoms with van der Waals surface area (Å²) in [4.78, 5) is 15.6. The van der Waals surface area contributed by atoms with Gasteiger partial charge in [0.2, 0.25) is 11.9 Å². The molecule has 2 aromatic rings. The molecule has 6 heteroatoms. The van der Waals surface area contributed by atoms with E-state index in [0.717, 1.165) is 24.6 Å². The van der Waals surface area contributed by atoms with Crippen LogP contribution in [0.25, 0.3) is 0 Å². The summed E-state index contributed by atoms with van der Waals surface area (Å²) in [6, 6.07) is 9.99. The Morgan fingerprint density at radius 1 is 1.00 bits per heavy atom. The van der Waals surface area contributed by atoms with Crippen molar-refractivity contribution in [2.75, 3.05) is 24.1 Å². The van der Waals surface area contributed by atoms with E-state index in [2.05, 4.69) is 32.1 Å². The van der Waals surface area contributed by atoms with Crippen LogP contribution in [0.1, 0.15) is 44.5 Å². The Balaban J connectivity index is 1.79. The molecule has 1 aromatic carbocycles. The molecule has 122 valence electrons. The van der Waals surface area contributed by atoms with Crippen molar-refractivity contribution in [3.63, 3.8) is 0 Å². The molecule has 23 heavy (non-hydrogen) atoms. The zero-order chi connectivity index (χ0) is 16.1. The number of aromatic nitrogens is 3. The van der Waals surface area contributed by atoms with Crippen molar-refractivity contribution in [3.05, 3.63) is 36.2 Å². The van der Waals surface area contributed by atoms with Crippen LogP contribution in [0.4, 0.5) is 17.6 Å². The monoisotopic (exact) mass is 312 g/mol. The second kappa shape index (κ2) is 7.37. The van der Waals surface area contributed by atoms with Gasteiger partial charge in [-0.05, 0) is 45.0 Å². The van der Waals surface area contributed by atoms with Crippen molar-refractivity contribution in [2.45, 2.75) is 38.6 Å². The van der Waals surface area contributed by atoms with Crippen LogP contribution in [0.3, 0.4) is 0 Å². The number of nitrogens with zero attached hydrogens (tertiary/aromatic N) is 4. The van der Waals surface area contributed by atoms with Gasteiger partial charge in [-0.15, -0.1) is 0 Å². The van der Waals surface area contributed by atoms with Crippen molar-refractivity contribution in [2.24, 2.45) is 0 Å². The largest absolute Gasteiger partial charge is 0.368 e. The lowest BCUT2D eigenvalue weighted by Crippen LogP contribution is -2.29. The Hall–Kier alpha value is -2.21. The number of hydrogen-bond donors (Lipinski definition) is 2. The summed E-state index contributed by atoms with van der Waals surface area (Å²) >= 11 is 0. The lowest BCUT2D eigenvalue weighted by atomic mass is 10.2. The van der Waals surface area contributed by atoms with Gasteiger partial charge in [-0.25, -0.2) is 0 Å². The van der Waals surface area contributed by atoms with Gasteiger partial charge in [-0.3, -0.25) is 4.90 Å². The van der Waals surface area contributed by atoms with Gasteiger partial charge in [-0.1, -0.05) is 31.0 Å². The van der Waals surface area contributed by atoms with E-state index in [1.807, 2.05) is 30.3 Å². The lowest BCUT2D eigenvalue weighted by Gasteiger charge is -2.26. The summed E-state index contributed by atoms with van der Waals surface area (Å²) in [7, 11) is 0. The van der Waals surface area contributed by atoms with Gasteiger partial charge in [0.25, 0.3) is 0 Å². The Labute approximate surface area is 137 Å². The van der Waals surface area contributed by atoms with Crippen molar-refractivity contribution in [1.29, 1.82) is 0 Å². The van der Waals surface area contributed by atoms with Gasteiger partial charge in [0.1, 0.15) is 0 Å². The topological polar surface area (TPSA) is 80.0 Å². The number of anilines is 3. The fourth-order valence-electron chi connectivity index (χ4n) is 2.95. The molecule has 0 radical (unpaired) electrons. The van der Waals surface area contributed by atoms with Crippen molar-refractivity contribution in [1.82, 2.24) is 19.9 Å². The number of nitrogen functional groups attached to an aromatic ring is 1. The quantitative estimate of drug-likeness (QED) is 0.903. The number of hydrogen-bond acceptors (Lipinski definition) is 6. The van der Waals surface area contributed by atoms with Crippen LogP contribution in [0.2, 0.25) is 0 Å². The van der Waals surface area contributed by atoms with Crippen LogP contribution < -0.4 is 11.1 Å². The highest BCUT2D eigenvalue weighted by atomic mass is 15.2. The highest BCUT2D eigenvalue weighted by Gasteiger charge is 2.20. The predicted molar refractivity (Wildman–Crippen MR) is 92.4 cm³/mol.